The van der Waals surface area contributed by atoms with Crippen LogP contribution in [0.1, 0.15) is 25.7 Å². The summed E-state index contributed by atoms with van der Waals surface area (Å²) in [4.78, 5) is 0. The molecule has 0 aliphatic rings. The fourth-order valence-electron chi connectivity index (χ4n) is 0.762. The van der Waals surface area contributed by atoms with E-state index in [1.54, 1.807) is 0 Å². The Morgan fingerprint density at radius 2 is 1.36 bits per heavy atom. The second-order valence-corrected chi connectivity index (χ2v) is 3.70. The van der Waals surface area contributed by atoms with Crippen LogP contribution >= 0.6 is 11.8 Å². The predicted octanol–water partition coefficient (Wildman–Crippen LogP) is 3.65. The van der Waals surface area contributed by atoms with E-state index in [0.717, 1.165) is 12.8 Å². The van der Waals surface area contributed by atoms with E-state index in [-0.39, 0.29) is 0 Å². The summed E-state index contributed by atoms with van der Waals surface area (Å²) in [6.07, 6.45) is 8.86. The van der Waals surface area contributed by atoms with E-state index in [4.69, 9.17) is 0 Å². The van der Waals surface area contributed by atoms with Gasteiger partial charge in [0.15, 0.2) is 0 Å². The van der Waals surface area contributed by atoms with E-state index in [0.29, 0.717) is 0 Å². The molecule has 0 heterocycles. The Morgan fingerprint density at radius 3 is 1.73 bits per heavy atom. The first-order valence-corrected chi connectivity index (χ1v) is 5.37. The fraction of sp³-hybridized carbons (Fsp3) is 0.600. The van der Waals surface area contributed by atoms with Crippen LogP contribution < -0.4 is 0 Å². The van der Waals surface area contributed by atoms with Crippen LogP contribution in [0.2, 0.25) is 0 Å². The summed E-state index contributed by atoms with van der Waals surface area (Å²) in [6.45, 7) is 7.37. The molecule has 0 saturated carbocycles. The van der Waals surface area contributed by atoms with Crippen molar-refractivity contribution in [2.45, 2.75) is 25.7 Å². The van der Waals surface area contributed by atoms with Gasteiger partial charge in [0.2, 0.25) is 0 Å². The highest BCUT2D eigenvalue weighted by Crippen LogP contribution is 2.07. The number of allylic oxidation sites excluding steroid dienone is 2. The highest BCUT2D eigenvalue weighted by molar-refractivity contribution is 7.99. The summed E-state index contributed by atoms with van der Waals surface area (Å²) in [5.74, 6) is 2.56. The van der Waals surface area contributed by atoms with Crippen LogP contribution in [-0.2, 0) is 0 Å². The van der Waals surface area contributed by atoms with Crippen molar-refractivity contribution in [1.29, 1.82) is 0 Å². The van der Waals surface area contributed by atoms with Crippen molar-refractivity contribution in [3.05, 3.63) is 25.3 Å². The minimum Gasteiger partial charge on any atom is -0.162 e. The number of thioether (sulfide) groups is 1. The van der Waals surface area contributed by atoms with E-state index in [2.05, 4.69) is 13.2 Å². The standard InChI is InChI=1S/C10H18S/c1-3-5-7-9-11-10-8-6-4-2/h3-4H,1-2,5-10H2. The predicted molar refractivity (Wildman–Crippen MR) is 56.2 cm³/mol. The Labute approximate surface area is 74.8 Å². The van der Waals surface area contributed by atoms with Crippen LogP contribution in [-0.4, -0.2) is 11.5 Å². The van der Waals surface area contributed by atoms with Crippen LogP contribution in [0.5, 0.6) is 0 Å². The smallest absolute Gasteiger partial charge is 0.00646 e. The molecule has 1 heteroatoms. The van der Waals surface area contributed by atoms with Crippen molar-refractivity contribution in [2.75, 3.05) is 11.5 Å². The zero-order valence-electron chi connectivity index (χ0n) is 7.22. The Bertz CT molecular complexity index is 85.0. The van der Waals surface area contributed by atoms with Crippen molar-refractivity contribution in [2.24, 2.45) is 0 Å². The molecule has 0 aliphatic carbocycles. The Hall–Kier alpha value is -0.170. The van der Waals surface area contributed by atoms with Gasteiger partial charge in [-0.1, -0.05) is 12.2 Å². The molecule has 0 amide bonds. The molecule has 0 radical (unpaired) electrons. The van der Waals surface area contributed by atoms with Crippen LogP contribution in [0.25, 0.3) is 0 Å². The molecule has 0 aromatic rings. The summed E-state index contributed by atoms with van der Waals surface area (Å²) in [5.41, 5.74) is 0. The van der Waals surface area contributed by atoms with Gasteiger partial charge in [0, 0.05) is 0 Å². The highest BCUT2D eigenvalue weighted by atomic mass is 32.2. The molecule has 0 N–H and O–H groups in total. The van der Waals surface area contributed by atoms with Gasteiger partial charge in [-0.3, -0.25) is 0 Å². The Morgan fingerprint density at radius 1 is 0.909 bits per heavy atom. The van der Waals surface area contributed by atoms with Crippen molar-refractivity contribution in [3.63, 3.8) is 0 Å². The van der Waals surface area contributed by atoms with E-state index in [1.807, 2.05) is 23.9 Å². The van der Waals surface area contributed by atoms with Crippen molar-refractivity contribution in [1.82, 2.24) is 0 Å². The van der Waals surface area contributed by atoms with Crippen LogP contribution in [0, 0.1) is 0 Å². The topological polar surface area (TPSA) is 0 Å². The highest BCUT2D eigenvalue weighted by Gasteiger charge is 1.87. The molecule has 64 valence electrons. The summed E-state index contributed by atoms with van der Waals surface area (Å²) >= 11 is 2.04. The molecule has 0 bridgehead atoms. The van der Waals surface area contributed by atoms with Crippen molar-refractivity contribution in [3.8, 4) is 0 Å². The van der Waals surface area contributed by atoms with Gasteiger partial charge in [0.1, 0.15) is 0 Å². The SMILES string of the molecule is C=CCCCSCCCC=C. The van der Waals surface area contributed by atoms with E-state index in [1.165, 1.54) is 24.3 Å². The molecule has 0 nitrogen and oxygen atoms in total. The molecule has 0 aromatic heterocycles. The minimum atomic E-state index is 1.16. The Kier molecular flexibility index (Phi) is 9.68. The third kappa shape index (κ3) is 9.83. The average Bonchev–Trinajstić information content (AvgIpc) is 2.03. The molecule has 0 saturated heterocycles. The van der Waals surface area contributed by atoms with E-state index >= 15 is 0 Å². The first kappa shape index (κ1) is 10.8. The van der Waals surface area contributed by atoms with Gasteiger partial charge in [0.25, 0.3) is 0 Å². The zero-order valence-corrected chi connectivity index (χ0v) is 8.04. The molecule has 0 fully saturated rings. The molecule has 11 heavy (non-hydrogen) atoms. The Balaban J connectivity index is 2.79. The summed E-state index contributed by atoms with van der Waals surface area (Å²) in [5, 5.41) is 0. The normalized spacial score (nSPS) is 9.45. The number of rotatable bonds is 8. The third-order valence-corrected chi connectivity index (χ3v) is 2.55. The summed E-state index contributed by atoms with van der Waals surface area (Å²) < 4.78 is 0. The van der Waals surface area contributed by atoms with E-state index in [9.17, 15) is 0 Å². The lowest BCUT2D eigenvalue weighted by Crippen LogP contribution is -1.82. The maximum Gasteiger partial charge on any atom is -0.00646 e. The molecular formula is C10H18S. The van der Waals surface area contributed by atoms with Gasteiger partial charge >= 0.3 is 0 Å². The van der Waals surface area contributed by atoms with Gasteiger partial charge in [-0.05, 0) is 37.2 Å². The van der Waals surface area contributed by atoms with Gasteiger partial charge in [-0.2, -0.15) is 11.8 Å². The van der Waals surface area contributed by atoms with Crippen molar-refractivity contribution >= 4 is 11.8 Å². The second kappa shape index (κ2) is 9.83. The average molecular weight is 170 g/mol. The third-order valence-electron chi connectivity index (χ3n) is 1.39. The summed E-state index contributed by atoms with van der Waals surface area (Å²) in [6, 6.07) is 0. The number of hydrogen-bond donors (Lipinski definition) is 0. The lowest BCUT2D eigenvalue weighted by Gasteiger charge is -1.97. The van der Waals surface area contributed by atoms with Gasteiger partial charge in [-0.25, -0.2) is 0 Å². The van der Waals surface area contributed by atoms with Crippen LogP contribution in [0.3, 0.4) is 0 Å². The molecular weight excluding hydrogens is 152 g/mol. The second-order valence-electron chi connectivity index (χ2n) is 2.47. The monoisotopic (exact) mass is 170 g/mol. The lowest BCUT2D eigenvalue weighted by molar-refractivity contribution is 0.952. The largest absolute Gasteiger partial charge is 0.162 e. The first-order chi connectivity index (χ1) is 5.41. The van der Waals surface area contributed by atoms with Crippen LogP contribution in [0.4, 0.5) is 0 Å². The number of hydrogen-bond acceptors (Lipinski definition) is 1. The molecule has 0 rings (SSSR count). The van der Waals surface area contributed by atoms with Gasteiger partial charge < -0.3 is 0 Å². The maximum absolute atomic E-state index is 3.69. The molecule has 0 unspecified atom stereocenters. The quantitative estimate of drug-likeness (QED) is 0.396. The molecule has 0 atom stereocenters. The first-order valence-electron chi connectivity index (χ1n) is 4.21. The fourth-order valence-corrected chi connectivity index (χ4v) is 1.71. The molecule has 0 spiro atoms. The lowest BCUT2D eigenvalue weighted by atomic mass is 10.3. The minimum absolute atomic E-state index is 1.16. The van der Waals surface area contributed by atoms with E-state index < -0.39 is 0 Å². The van der Waals surface area contributed by atoms with Gasteiger partial charge in [0.05, 0.1) is 0 Å². The summed E-state index contributed by atoms with van der Waals surface area (Å²) in [7, 11) is 0. The van der Waals surface area contributed by atoms with Crippen LogP contribution in [0.15, 0.2) is 25.3 Å². The molecule has 0 aliphatic heterocycles. The zero-order chi connectivity index (χ0) is 8.36. The van der Waals surface area contributed by atoms with Gasteiger partial charge in [-0.15, -0.1) is 13.2 Å². The number of unbranched alkanes of at least 4 members (excludes halogenated alkanes) is 2. The molecule has 0 aromatic carbocycles. The maximum atomic E-state index is 3.69. The van der Waals surface area contributed by atoms with Crippen molar-refractivity contribution < 1.29 is 0 Å².